The third kappa shape index (κ3) is 7.11. The average molecular weight is 788 g/mol. The molecule has 0 atom stereocenters. The molecule has 5 aromatic rings. The number of anilines is 1. The van der Waals surface area contributed by atoms with Crippen LogP contribution in [0, 0.1) is 0 Å². The lowest BCUT2D eigenvalue weighted by Crippen LogP contribution is -2.37. The maximum Gasteiger partial charge on any atom is 0.277 e. The molecule has 0 aliphatic heterocycles. The molecule has 5 aromatic carbocycles. The van der Waals surface area contributed by atoms with Gasteiger partial charge in [-0.3, -0.25) is 0 Å². The van der Waals surface area contributed by atoms with Crippen LogP contribution in [-0.2, 0) is 29.9 Å². The lowest BCUT2D eigenvalue weighted by Gasteiger charge is -2.25. The number of sulfone groups is 1. The molecule has 0 N–H and O–H groups in total. The summed E-state index contributed by atoms with van der Waals surface area (Å²) < 4.78 is 95.7. The Bertz CT molecular complexity index is 2250. The van der Waals surface area contributed by atoms with E-state index in [1.165, 1.54) is 93.1 Å². The van der Waals surface area contributed by atoms with Gasteiger partial charge in [0.15, 0.2) is 0 Å². The first-order valence-corrected chi connectivity index (χ1v) is 19.4. The van der Waals surface area contributed by atoms with Gasteiger partial charge in [0.25, 0.3) is 20.0 Å². The van der Waals surface area contributed by atoms with Crippen LogP contribution in [0.15, 0.2) is 123 Å². The summed E-state index contributed by atoms with van der Waals surface area (Å²) in [6.45, 7) is 0. The molecule has 250 valence electrons. The summed E-state index contributed by atoms with van der Waals surface area (Å²) in [6.07, 6.45) is 0. The molecule has 0 unspecified atom stereocenters. The van der Waals surface area contributed by atoms with Crippen molar-refractivity contribution in [1.82, 2.24) is 0 Å². The zero-order chi connectivity index (χ0) is 35.0. The van der Waals surface area contributed by atoms with E-state index in [1.807, 2.05) is 0 Å². The van der Waals surface area contributed by atoms with Crippen molar-refractivity contribution >= 4 is 82.0 Å². The number of sulfonamides is 2. The van der Waals surface area contributed by atoms with Crippen molar-refractivity contribution in [3.8, 4) is 22.6 Å². The quantitative estimate of drug-likeness (QED) is 0.138. The van der Waals surface area contributed by atoms with Gasteiger partial charge in [0.05, 0.1) is 39.5 Å². The minimum Gasteiger partial charge on any atom is -0.497 e. The highest BCUT2D eigenvalue weighted by Crippen LogP contribution is 2.39. The zero-order valence-electron chi connectivity index (χ0n) is 24.8. The molecular formula is C32H23Cl4NO8S3. The lowest BCUT2D eigenvalue weighted by atomic mass is 10.0. The van der Waals surface area contributed by atoms with Crippen molar-refractivity contribution in [3.05, 3.63) is 123 Å². The van der Waals surface area contributed by atoms with E-state index < -0.39 is 39.7 Å². The monoisotopic (exact) mass is 785 g/mol. The molecule has 0 spiro atoms. The Hall–Kier alpha value is -3.49. The summed E-state index contributed by atoms with van der Waals surface area (Å²) in [5.41, 5.74) is -0.143. The molecule has 0 heterocycles. The number of rotatable bonds is 10. The highest BCUT2D eigenvalue weighted by Gasteiger charge is 2.38. The highest BCUT2D eigenvalue weighted by molar-refractivity contribution is 8.10. The fraction of sp³-hybridized carbons (Fsp3) is 0.0625. The van der Waals surface area contributed by atoms with Crippen LogP contribution in [0.4, 0.5) is 5.69 Å². The number of hydrogen-bond acceptors (Lipinski definition) is 8. The van der Waals surface area contributed by atoms with Crippen molar-refractivity contribution in [2.75, 3.05) is 17.9 Å². The second-order valence-electron chi connectivity index (χ2n) is 10.0. The molecule has 0 fully saturated rings. The summed E-state index contributed by atoms with van der Waals surface area (Å²) in [6, 6.07) is 22.0. The fourth-order valence-corrected chi connectivity index (χ4v) is 11.3. The SMILES string of the molecule is COc1ccc(S(=O)(=O)c2ccc(OC)cc2-c2cccc(N(S(=O)(=O)c3cc(Cl)cc(Cl)c3)S(=O)(=O)c3cc(Cl)cc(Cl)c3)c2)cc1. The van der Waals surface area contributed by atoms with Crippen molar-refractivity contribution in [2.45, 2.75) is 19.6 Å². The highest BCUT2D eigenvalue weighted by atomic mass is 35.5. The van der Waals surface area contributed by atoms with E-state index >= 15 is 0 Å². The Balaban J connectivity index is 1.77. The minimum absolute atomic E-state index is 0.0478. The van der Waals surface area contributed by atoms with E-state index in [-0.39, 0.29) is 56.2 Å². The van der Waals surface area contributed by atoms with Gasteiger partial charge in [0.2, 0.25) is 9.84 Å². The fourth-order valence-electron chi connectivity index (χ4n) is 4.72. The van der Waals surface area contributed by atoms with Crippen molar-refractivity contribution in [3.63, 3.8) is 0 Å². The van der Waals surface area contributed by atoms with Gasteiger partial charge in [0, 0.05) is 25.7 Å². The maximum atomic E-state index is 14.3. The molecule has 0 saturated heterocycles. The molecule has 5 rings (SSSR count). The molecular weight excluding hydrogens is 764 g/mol. The van der Waals surface area contributed by atoms with Crippen LogP contribution in [0.3, 0.4) is 0 Å². The van der Waals surface area contributed by atoms with Crippen LogP contribution in [0.1, 0.15) is 0 Å². The van der Waals surface area contributed by atoms with Crippen LogP contribution in [0.5, 0.6) is 11.5 Å². The average Bonchev–Trinajstić information content (AvgIpc) is 3.03. The van der Waals surface area contributed by atoms with E-state index in [9.17, 15) is 25.3 Å². The number of methoxy groups -OCH3 is 2. The molecule has 0 radical (unpaired) electrons. The number of benzene rings is 5. The number of hydrogen-bond donors (Lipinski definition) is 0. The Morgan fingerprint density at radius 2 is 1.00 bits per heavy atom. The molecule has 0 aliphatic rings. The van der Waals surface area contributed by atoms with Crippen molar-refractivity contribution in [2.24, 2.45) is 0 Å². The van der Waals surface area contributed by atoms with Gasteiger partial charge in [-0.25, -0.2) is 25.3 Å². The summed E-state index contributed by atoms with van der Waals surface area (Å²) >= 11 is 24.5. The van der Waals surface area contributed by atoms with Crippen LogP contribution in [0.25, 0.3) is 11.1 Å². The second kappa shape index (κ2) is 13.8. The first-order valence-electron chi connectivity index (χ1n) is 13.5. The van der Waals surface area contributed by atoms with E-state index in [1.54, 1.807) is 0 Å². The van der Waals surface area contributed by atoms with Gasteiger partial charge in [-0.2, -0.15) is 3.71 Å². The van der Waals surface area contributed by atoms with Gasteiger partial charge in [-0.1, -0.05) is 58.5 Å². The predicted octanol–water partition coefficient (Wildman–Crippen LogP) is 8.40. The summed E-state index contributed by atoms with van der Waals surface area (Å²) in [7, 11) is -11.3. The lowest BCUT2D eigenvalue weighted by molar-refractivity contribution is 0.414. The molecule has 48 heavy (non-hydrogen) atoms. The standard InChI is InChI=1S/C32H23Cl4NO8S3/c1-44-26-6-9-28(10-7-26)46(38,39)32-11-8-27(45-2)19-31(32)20-4-3-5-25(12-20)37(47(40,41)29-15-21(33)13-22(34)16-29)48(42,43)30-17-23(35)14-24(36)18-30/h3-19H,1-2H3. The Morgan fingerprint density at radius 3 is 1.48 bits per heavy atom. The van der Waals surface area contributed by atoms with Gasteiger partial charge in [-0.15, -0.1) is 0 Å². The predicted molar refractivity (Wildman–Crippen MR) is 187 cm³/mol. The normalized spacial score (nSPS) is 12.0. The first-order chi connectivity index (χ1) is 22.6. The van der Waals surface area contributed by atoms with Gasteiger partial charge < -0.3 is 9.47 Å². The summed E-state index contributed by atoms with van der Waals surface area (Å²) in [5.74, 6) is 0.726. The Kier molecular flexibility index (Phi) is 10.3. The first kappa shape index (κ1) is 35.8. The van der Waals surface area contributed by atoms with E-state index in [4.69, 9.17) is 55.9 Å². The van der Waals surface area contributed by atoms with Gasteiger partial charge >= 0.3 is 0 Å². The summed E-state index contributed by atoms with van der Waals surface area (Å²) in [5, 5.41) is -0.268. The van der Waals surface area contributed by atoms with E-state index in [2.05, 4.69) is 0 Å². The van der Waals surface area contributed by atoms with Crippen LogP contribution in [0.2, 0.25) is 20.1 Å². The number of halogens is 4. The van der Waals surface area contributed by atoms with Crippen LogP contribution in [-0.4, -0.2) is 39.5 Å². The van der Waals surface area contributed by atoms with Crippen LogP contribution < -0.4 is 13.2 Å². The molecule has 0 saturated carbocycles. The van der Waals surface area contributed by atoms with Gasteiger partial charge in [-0.05, 0) is 96.6 Å². The minimum atomic E-state index is -5.00. The largest absolute Gasteiger partial charge is 0.497 e. The molecule has 0 aliphatic carbocycles. The Morgan fingerprint density at radius 1 is 0.521 bits per heavy atom. The molecule has 0 amide bonds. The third-order valence-electron chi connectivity index (χ3n) is 6.92. The second-order valence-corrected chi connectivity index (χ2v) is 17.5. The topological polar surface area (TPSA) is 124 Å². The van der Waals surface area contributed by atoms with E-state index in [0.29, 0.717) is 5.75 Å². The van der Waals surface area contributed by atoms with Crippen molar-refractivity contribution < 1.29 is 34.7 Å². The smallest absolute Gasteiger partial charge is 0.277 e. The number of nitrogens with zero attached hydrogens (tertiary/aromatic N) is 1. The summed E-state index contributed by atoms with van der Waals surface area (Å²) in [4.78, 5) is -1.28. The zero-order valence-corrected chi connectivity index (χ0v) is 30.2. The van der Waals surface area contributed by atoms with Crippen LogP contribution >= 0.6 is 46.4 Å². The molecule has 9 nitrogen and oxygen atoms in total. The van der Waals surface area contributed by atoms with Gasteiger partial charge in [0.1, 0.15) is 11.5 Å². The van der Waals surface area contributed by atoms with E-state index in [0.717, 1.165) is 24.3 Å². The molecule has 0 aromatic heterocycles. The molecule has 16 heteroatoms. The molecule has 0 bridgehead atoms. The maximum absolute atomic E-state index is 14.3. The Labute approximate surface area is 298 Å². The van der Waals surface area contributed by atoms with Crippen molar-refractivity contribution in [1.29, 1.82) is 0 Å². The number of ether oxygens (including phenoxy) is 2. The third-order valence-corrected chi connectivity index (χ3v) is 13.8.